The average Bonchev–Trinajstić information content (AvgIpc) is 3.15. The maximum absolute atomic E-state index is 12.3. The highest BCUT2D eigenvalue weighted by atomic mass is 35.5. The van der Waals surface area contributed by atoms with Gasteiger partial charge in [-0.25, -0.2) is 0 Å². The minimum Gasteiger partial charge on any atom is -0.494 e. The number of halogens is 2. The number of hydrogen-bond donors (Lipinski definition) is 0. The molecule has 0 aliphatic carbocycles. The highest BCUT2D eigenvalue weighted by Gasteiger charge is 2.14. The van der Waals surface area contributed by atoms with Crippen molar-refractivity contribution < 1.29 is 14.1 Å². The molecule has 0 radical (unpaired) electrons. The van der Waals surface area contributed by atoms with Gasteiger partial charge >= 0.3 is 0 Å². The van der Waals surface area contributed by atoms with Gasteiger partial charge in [0.05, 0.1) is 13.2 Å². The van der Waals surface area contributed by atoms with E-state index in [2.05, 4.69) is 10.1 Å². The van der Waals surface area contributed by atoms with E-state index >= 15 is 0 Å². The number of ether oxygens (including phenoxy) is 1. The predicted molar refractivity (Wildman–Crippen MR) is 107 cm³/mol. The van der Waals surface area contributed by atoms with Crippen molar-refractivity contribution >= 4 is 29.1 Å². The standard InChI is InChI=1S/C20H19Cl2N3O3/c1-25(19(26)3-2-12-27-17-10-8-16(22)9-11-17)13-18-23-20(24-28-18)14-4-6-15(21)7-5-14/h4-11H,2-3,12-13H2,1H3. The molecule has 0 atom stereocenters. The Morgan fingerprint density at radius 3 is 2.39 bits per heavy atom. The van der Waals surface area contributed by atoms with Crippen LogP contribution >= 0.6 is 23.2 Å². The van der Waals surface area contributed by atoms with E-state index in [1.165, 1.54) is 0 Å². The molecular formula is C20H19Cl2N3O3. The quantitative estimate of drug-likeness (QED) is 0.487. The van der Waals surface area contributed by atoms with Crippen molar-refractivity contribution in [2.24, 2.45) is 0 Å². The molecule has 2 aromatic carbocycles. The third-order valence-corrected chi connectivity index (χ3v) is 4.49. The van der Waals surface area contributed by atoms with Crippen molar-refractivity contribution in [1.29, 1.82) is 0 Å². The monoisotopic (exact) mass is 419 g/mol. The van der Waals surface area contributed by atoms with Gasteiger partial charge in [0.1, 0.15) is 5.75 Å². The third kappa shape index (κ3) is 5.71. The number of carbonyl (C=O) groups is 1. The summed E-state index contributed by atoms with van der Waals surface area (Å²) in [5, 5.41) is 5.24. The summed E-state index contributed by atoms with van der Waals surface area (Å²) in [4.78, 5) is 18.1. The van der Waals surface area contributed by atoms with Gasteiger partial charge in [-0.05, 0) is 55.0 Å². The normalized spacial score (nSPS) is 10.7. The topological polar surface area (TPSA) is 68.5 Å². The van der Waals surface area contributed by atoms with Crippen molar-refractivity contribution in [3.8, 4) is 17.1 Å². The molecule has 0 aliphatic rings. The predicted octanol–water partition coefficient (Wildman–Crippen LogP) is 4.86. The number of carbonyl (C=O) groups excluding carboxylic acids is 1. The minimum absolute atomic E-state index is 0.0223. The van der Waals surface area contributed by atoms with E-state index in [0.29, 0.717) is 41.2 Å². The van der Waals surface area contributed by atoms with Gasteiger partial charge in [-0.15, -0.1) is 0 Å². The summed E-state index contributed by atoms with van der Waals surface area (Å²) >= 11 is 11.7. The van der Waals surface area contributed by atoms with Crippen molar-refractivity contribution in [1.82, 2.24) is 15.0 Å². The van der Waals surface area contributed by atoms with Gasteiger partial charge in [0.25, 0.3) is 0 Å². The Hall–Kier alpha value is -2.57. The molecule has 0 N–H and O–H groups in total. The van der Waals surface area contributed by atoms with E-state index in [1.54, 1.807) is 48.3 Å². The minimum atomic E-state index is -0.0223. The second-order valence-corrected chi connectivity index (χ2v) is 7.05. The third-order valence-electron chi connectivity index (χ3n) is 3.99. The number of amides is 1. The summed E-state index contributed by atoms with van der Waals surface area (Å²) < 4.78 is 10.8. The van der Waals surface area contributed by atoms with E-state index in [0.717, 1.165) is 11.3 Å². The lowest BCUT2D eigenvalue weighted by Gasteiger charge is -2.14. The molecule has 0 bridgehead atoms. The van der Waals surface area contributed by atoms with E-state index in [9.17, 15) is 4.79 Å². The van der Waals surface area contributed by atoms with E-state index in [-0.39, 0.29) is 12.5 Å². The average molecular weight is 420 g/mol. The summed E-state index contributed by atoms with van der Waals surface area (Å²) in [6.07, 6.45) is 0.966. The van der Waals surface area contributed by atoms with E-state index in [4.69, 9.17) is 32.5 Å². The lowest BCUT2D eigenvalue weighted by atomic mass is 10.2. The van der Waals surface area contributed by atoms with Crippen LogP contribution in [0, 0.1) is 0 Å². The fourth-order valence-corrected chi connectivity index (χ4v) is 2.71. The summed E-state index contributed by atoms with van der Waals surface area (Å²) in [7, 11) is 1.70. The first-order valence-electron chi connectivity index (χ1n) is 8.72. The summed E-state index contributed by atoms with van der Waals surface area (Å²) in [6.45, 7) is 0.694. The Balaban J connectivity index is 1.44. The SMILES string of the molecule is CN(Cc1nc(-c2ccc(Cl)cc2)no1)C(=O)CCCOc1ccc(Cl)cc1. The molecule has 0 unspecified atom stereocenters. The lowest BCUT2D eigenvalue weighted by molar-refractivity contribution is -0.131. The van der Waals surface area contributed by atoms with Gasteiger partial charge in [0, 0.05) is 29.1 Å². The highest BCUT2D eigenvalue weighted by molar-refractivity contribution is 6.30. The lowest BCUT2D eigenvalue weighted by Crippen LogP contribution is -2.26. The van der Waals surface area contributed by atoms with Crippen LogP contribution in [0.15, 0.2) is 53.1 Å². The van der Waals surface area contributed by atoms with Crippen molar-refractivity contribution in [2.45, 2.75) is 19.4 Å². The highest BCUT2D eigenvalue weighted by Crippen LogP contribution is 2.19. The van der Waals surface area contributed by atoms with Crippen LogP contribution in [-0.2, 0) is 11.3 Å². The molecule has 28 heavy (non-hydrogen) atoms. The van der Waals surface area contributed by atoms with Crippen LogP contribution in [-0.4, -0.2) is 34.6 Å². The van der Waals surface area contributed by atoms with Crippen LogP contribution in [0.2, 0.25) is 10.0 Å². The van der Waals surface area contributed by atoms with Crippen LogP contribution in [0.3, 0.4) is 0 Å². The van der Waals surface area contributed by atoms with Gasteiger partial charge in [0.15, 0.2) is 0 Å². The fraction of sp³-hybridized carbons (Fsp3) is 0.250. The molecule has 0 saturated carbocycles. The zero-order valence-corrected chi connectivity index (χ0v) is 16.8. The maximum Gasteiger partial charge on any atom is 0.246 e. The molecular weight excluding hydrogens is 401 g/mol. The van der Waals surface area contributed by atoms with Crippen LogP contribution in [0.1, 0.15) is 18.7 Å². The number of rotatable bonds is 8. The second-order valence-electron chi connectivity index (χ2n) is 6.17. The van der Waals surface area contributed by atoms with Crippen molar-refractivity contribution in [3.05, 3.63) is 64.5 Å². The zero-order chi connectivity index (χ0) is 19.9. The van der Waals surface area contributed by atoms with Crippen molar-refractivity contribution in [3.63, 3.8) is 0 Å². The maximum atomic E-state index is 12.3. The van der Waals surface area contributed by atoms with Crippen molar-refractivity contribution in [2.75, 3.05) is 13.7 Å². The van der Waals surface area contributed by atoms with E-state index < -0.39 is 0 Å². The molecule has 0 saturated heterocycles. The number of aromatic nitrogens is 2. The molecule has 3 aromatic rings. The molecule has 3 rings (SSSR count). The molecule has 0 spiro atoms. The Labute approximate surface area is 173 Å². The molecule has 1 aromatic heterocycles. The Bertz CT molecular complexity index is 911. The molecule has 0 aliphatic heterocycles. The first-order chi connectivity index (χ1) is 13.5. The van der Waals surface area contributed by atoms with Crippen LogP contribution < -0.4 is 4.74 Å². The molecule has 1 heterocycles. The largest absolute Gasteiger partial charge is 0.494 e. The molecule has 0 fully saturated rings. The van der Waals surface area contributed by atoms with Gasteiger partial charge in [-0.3, -0.25) is 4.79 Å². The van der Waals surface area contributed by atoms with Crippen LogP contribution in [0.25, 0.3) is 11.4 Å². The number of nitrogens with zero attached hydrogens (tertiary/aromatic N) is 3. The first kappa shape index (κ1) is 20.2. The van der Waals surface area contributed by atoms with Gasteiger partial charge in [0.2, 0.25) is 17.6 Å². The fourth-order valence-electron chi connectivity index (χ4n) is 2.46. The molecule has 1 amide bonds. The van der Waals surface area contributed by atoms with Gasteiger partial charge in [-0.2, -0.15) is 4.98 Å². The van der Waals surface area contributed by atoms with E-state index in [1.807, 2.05) is 12.1 Å². The van der Waals surface area contributed by atoms with Gasteiger partial charge in [-0.1, -0.05) is 28.4 Å². The summed E-state index contributed by atoms with van der Waals surface area (Å²) in [6, 6.07) is 14.3. The Morgan fingerprint density at radius 1 is 1.07 bits per heavy atom. The molecule has 6 nitrogen and oxygen atoms in total. The smallest absolute Gasteiger partial charge is 0.246 e. The summed E-state index contributed by atoms with van der Waals surface area (Å²) in [5.41, 5.74) is 0.799. The number of hydrogen-bond acceptors (Lipinski definition) is 5. The van der Waals surface area contributed by atoms with Crippen LogP contribution in [0.5, 0.6) is 5.75 Å². The first-order valence-corrected chi connectivity index (χ1v) is 9.48. The van der Waals surface area contributed by atoms with Crippen LogP contribution in [0.4, 0.5) is 0 Å². The summed E-state index contributed by atoms with van der Waals surface area (Å²) in [5.74, 6) is 1.54. The molecule has 146 valence electrons. The Morgan fingerprint density at radius 2 is 1.71 bits per heavy atom. The zero-order valence-electron chi connectivity index (χ0n) is 15.3. The van der Waals surface area contributed by atoms with Gasteiger partial charge < -0.3 is 14.2 Å². The molecule has 8 heteroatoms. The second kappa shape index (κ2) is 9.57. The number of benzene rings is 2. The Kier molecular flexibility index (Phi) is 6.90.